The summed E-state index contributed by atoms with van der Waals surface area (Å²) in [6.07, 6.45) is 1.02. The number of rotatable bonds is 1. The first kappa shape index (κ1) is 19.5. The minimum Gasteiger partial charge on any atom is -0.0616 e. The zero-order valence-electron chi connectivity index (χ0n) is 20.3. The van der Waals surface area contributed by atoms with E-state index in [-0.39, 0.29) is 0 Å². The smallest absolute Gasteiger partial charge is 0.000704 e. The van der Waals surface area contributed by atoms with Gasteiger partial charge in [-0.3, -0.25) is 0 Å². The molecule has 0 spiro atoms. The van der Waals surface area contributed by atoms with Crippen molar-refractivity contribution >= 4 is 54.2 Å². The van der Waals surface area contributed by atoms with E-state index in [2.05, 4.69) is 121 Å². The lowest BCUT2D eigenvalue weighted by Gasteiger charge is -2.13. The van der Waals surface area contributed by atoms with Gasteiger partial charge in [0.1, 0.15) is 0 Å². The van der Waals surface area contributed by atoms with Gasteiger partial charge in [-0.15, -0.1) is 0 Å². The van der Waals surface area contributed by atoms with E-state index >= 15 is 0 Å². The van der Waals surface area contributed by atoms with Crippen LogP contribution in [0.15, 0.2) is 121 Å². The van der Waals surface area contributed by atoms with Gasteiger partial charge < -0.3 is 0 Å². The molecule has 170 valence electrons. The Hall–Kier alpha value is -4.68. The van der Waals surface area contributed by atoms with Crippen molar-refractivity contribution in [2.24, 2.45) is 0 Å². The first-order valence-electron chi connectivity index (χ1n) is 13.1. The molecule has 0 heteroatoms. The fourth-order valence-corrected chi connectivity index (χ4v) is 7.01. The van der Waals surface area contributed by atoms with Crippen molar-refractivity contribution in [1.82, 2.24) is 0 Å². The van der Waals surface area contributed by atoms with Crippen LogP contribution in [0.3, 0.4) is 0 Å². The van der Waals surface area contributed by atoms with E-state index in [0.29, 0.717) is 0 Å². The lowest BCUT2D eigenvalue weighted by molar-refractivity contribution is 1.32. The molecule has 2 aliphatic rings. The standard InChI is InChI=1S/C37H22/c1-2-11-28-26(9-1)27-10-3-4-12-29(27)34-20-24(17-18-30(28)34)23-15-16-25-21-35-31-13-5-7-22-8-6-14-32(36(22)31)37(35)33(25)19-23/h1-20H,21H2. The number of benzene rings is 7. The predicted octanol–water partition coefficient (Wildman–Crippen LogP) is 9.79. The Bertz CT molecular complexity index is 2120. The van der Waals surface area contributed by atoms with E-state index in [9.17, 15) is 0 Å². The zero-order chi connectivity index (χ0) is 24.1. The molecule has 2 aliphatic carbocycles. The molecule has 0 aromatic heterocycles. The van der Waals surface area contributed by atoms with Gasteiger partial charge in [0, 0.05) is 0 Å². The molecule has 9 rings (SSSR count). The summed E-state index contributed by atoms with van der Waals surface area (Å²) in [4.78, 5) is 0. The van der Waals surface area contributed by atoms with Crippen molar-refractivity contribution in [3.63, 3.8) is 0 Å². The lowest BCUT2D eigenvalue weighted by atomic mass is 9.90. The van der Waals surface area contributed by atoms with Crippen molar-refractivity contribution in [3.05, 3.63) is 144 Å². The zero-order valence-corrected chi connectivity index (χ0v) is 20.3. The highest BCUT2D eigenvalue weighted by Gasteiger charge is 2.31. The van der Waals surface area contributed by atoms with Gasteiger partial charge in [0.05, 0.1) is 0 Å². The Kier molecular flexibility index (Phi) is 3.67. The molecule has 7 aromatic carbocycles. The number of allylic oxidation sites excluding steroid dienone is 1. The van der Waals surface area contributed by atoms with Gasteiger partial charge in [0.15, 0.2) is 0 Å². The number of fused-ring (bicyclic) bond motifs is 10. The Morgan fingerprint density at radius 3 is 1.73 bits per heavy atom. The normalized spacial score (nSPS) is 13.7. The summed E-state index contributed by atoms with van der Waals surface area (Å²) in [6, 6.07) is 45.3. The molecule has 0 atom stereocenters. The van der Waals surface area contributed by atoms with E-state index in [1.165, 1.54) is 87.6 Å². The van der Waals surface area contributed by atoms with Crippen LogP contribution in [0, 0.1) is 0 Å². The average molecular weight is 467 g/mol. The second-order valence-corrected chi connectivity index (χ2v) is 10.5. The molecule has 0 fully saturated rings. The molecule has 0 saturated carbocycles. The van der Waals surface area contributed by atoms with E-state index in [1.54, 1.807) is 0 Å². The second-order valence-electron chi connectivity index (χ2n) is 10.5. The van der Waals surface area contributed by atoms with E-state index < -0.39 is 0 Å². The Morgan fingerprint density at radius 2 is 1.00 bits per heavy atom. The van der Waals surface area contributed by atoms with Crippen LogP contribution >= 0.6 is 0 Å². The number of hydrogen-bond donors (Lipinski definition) is 0. The molecule has 0 amide bonds. The van der Waals surface area contributed by atoms with Gasteiger partial charge in [-0.1, -0.05) is 109 Å². The summed E-state index contributed by atoms with van der Waals surface area (Å²) >= 11 is 0. The molecule has 0 radical (unpaired) electrons. The summed E-state index contributed by atoms with van der Waals surface area (Å²) in [7, 11) is 0. The van der Waals surface area contributed by atoms with Crippen molar-refractivity contribution in [1.29, 1.82) is 0 Å². The molecule has 0 saturated heterocycles. The van der Waals surface area contributed by atoms with Crippen LogP contribution in [0.25, 0.3) is 65.4 Å². The molecule has 0 bridgehead atoms. The van der Waals surface area contributed by atoms with E-state index in [0.717, 1.165) is 6.42 Å². The minimum absolute atomic E-state index is 1.02. The van der Waals surface area contributed by atoms with Crippen LogP contribution in [0.4, 0.5) is 0 Å². The van der Waals surface area contributed by atoms with Crippen molar-refractivity contribution in [2.45, 2.75) is 6.42 Å². The molecule has 0 aliphatic heterocycles. The Labute approximate surface area is 215 Å². The predicted molar refractivity (Wildman–Crippen MR) is 158 cm³/mol. The first-order chi connectivity index (χ1) is 18.3. The van der Waals surface area contributed by atoms with Crippen LogP contribution in [-0.2, 0) is 6.42 Å². The van der Waals surface area contributed by atoms with Gasteiger partial charge in [-0.25, -0.2) is 0 Å². The summed E-state index contributed by atoms with van der Waals surface area (Å²) in [6.45, 7) is 0. The van der Waals surface area contributed by atoms with Gasteiger partial charge in [-0.05, 0) is 106 Å². The fourth-order valence-electron chi connectivity index (χ4n) is 7.01. The van der Waals surface area contributed by atoms with Crippen LogP contribution in [0.2, 0.25) is 0 Å². The Morgan fingerprint density at radius 1 is 0.405 bits per heavy atom. The largest absolute Gasteiger partial charge is 0.0616 e. The maximum atomic E-state index is 2.44. The maximum absolute atomic E-state index is 2.44. The maximum Gasteiger partial charge on any atom is -0.000704 e. The highest BCUT2D eigenvalue weighted by Crippen LogP contribution is 2.51. The highest BCUT2D eigenvalue weighted by molar-refractivity contribution is 6.26. The quantitative estimate of drug-likeness (QED) is 0.211. The van der Waals surface area contributed by atoms with Crippen LogP contribution in [-0.4, -0.2) is 0 Å². The molecule has 0 N–H and O–H groups in total. The third-order valence-corrected chi connectivity index (χ3v) is 8.62. The molecule has 0 heterocycles. The van der Waals surface area contributed by atoms with Crippen LogP contribution in [0.5, 0.6) is 0 Å². The summed E-state index contributed by atoms with van der Waals surface area (Å²) in [5.41, 5.74) is 11.2. The monoisotopic (exact) mass is 466 g/mol. The molecular weight excluding hydrogens is 444 g/mol. The highest BCUT2D eigenvalue weighted by atomic mass is 14.3. The summed E-state index contributed by atoms with van der Waals surface area (Å²) < 4.78 is 0. The summed E-state index contributed by atoms with van der Waals surface area (Å²) in [5.74, 6) is 0. The topological polar surface area (TPSA) is 0 Å². The molecule has 0 nitrogen and oxygen atoms in total. The Balaban J connectivity index is 1.27. The minimum atomic E-state index is 1.02. The lowest BCUT2D eigenvalue weighted by Crippen LogP contribution is -1.91. The number of hydrogen-bond acceptors (Lipinski definition) is 0. The molecular formula is C37H22. The van der Waals surface area contributed by atoms with E-state index in [1.807, 2.05) is 0 Å². The third kappa shape index (κ3) is 2.52. The van der Waals surface area contributed by atoms with Gasteiger partial charge >= 0.3 is 0 Å². The molecule has 0 unspecified atom stereocenters. The van der Waals surface area contributed by atoms with Crippen molar-refractivity contribution in [3.8, 4) is 11.1 Å². The fraction of sp³-hybridized carbons (Fsp3) is 0.0270. The molecule has 7 aromatic rings. The SMILES string of the molecule is c1cc2c3c(cccc3c1)C1=C2Cc2ccc(-c3ccc4c5ccccc5c5ccccc5c4c3)cc21. The summed E-state index contributed by atoms with van der Waals surface area (Å²) in [5, 5.41) is 10.7. The van der Waals surface area contributed by atoms with Crippen molar-refractivity contribution < 1.29 is 0 Å². The first-order valence-corrected chi connectivity index (χ1v) is 13.1. The molecule has 37 heavy (non-hydrogen) atoms. The third-order valence-electron chi connectivity index (χ3n) is 8.62. The average Bonchev–Trinajstić information content (AvgIpc) is 3.49. The van der Waals surface area contributed by atoms with Crippen LogP contribution < -0.4 is 0 Å². The van der Waals surface area contributed by atoms with Gasteiger partial charge in [-0.2, -0.15) is 0 Å². The van der Waals surface area contributed by atoms with E-state index in [4.69, 9.17) is 0 Å². The van der Waals surface area contributed by atoms with Gasteiger partial charge in [0.2, 0.25) is 0 Å². The van der Waals surface area contributed by atoms with Crippen LogP contribution in [0.1, 0.15) is 22.3 Å². The van der Waals surface area contributed by atoms with Crippen molar-refractivity contribution in [2.75, 3.05) is 0 Å². The second kappa shape index (κ2) is 6.96. The van der Waals surface area contributed by atoms with Gasteiger partial charge in [0.25, 0.3) is 0 Å².